The van der Waals surface area contributed by atoms with Crippen LogP contribution in [0.1, 0.15) is 30.1 Å². The van der Waals surface area contributed by atoms with Gasteiger partial charge in [0.25, 0.3) is 5.91 Å². The summed E-state index contributed by atoms with van der Waals surface area (Å²) in [6, 6.07) is 2.55. The summed E-state index contributed by atoms with van der Waals surface area (Å²) >= 11 is 0. The summed E-state index contributed by atoms with van der Waals surface area (Å²) in [5, 5.41) is 2.83. The van der Waals surface area contributed by atoms with Crippen LogP contribution in [-0.4, -0.2) is 30.6 Å². The van der Waals surface area contributed by atoms with Crippen LogP contribution in [0.25, 0.3) is 0 Å². The number of nitrogens with one attached hydrogen (secondary N) is 1. The summed E-state index contributed by atoms with van der Waals surface area (Å²) in [4.78, 5) is 15.2. The van der Waals surface area contributed by atoms with Crippen LogP contribution in [0, 0.1) is 5.95 Å². The highest BCUT2D eigenvalue weighted by atomic mass is 19.1. The molecule has 0 saturated carbocycles. The molecule has 1 unspecified atom stereocenters. The highest BCUT2D eigenvalue weighted by Crippen LogP contribution is 2.02. The normalized spacial score (nSPS) is 12.2. The van der Waals surface area contributed by atoms with E-state index < -0.39 is 5.95 Å². The minimum atomic E-state index is -0.594. The predicted octanol–water partition coefficient (Wildman–Crippen LogP) is 1.77. The van der Waals surface area contributed by atoms with Gasteiger partial charge in [0, 0.05) is 13.3 Å². The number of rotatable bonds is 6. The molecule has 0 aliphatic rings. The molecule has 0 bridgehead atoms. The molecule has 4 nitrogen and oxygen atoms in total. The number of carbonyl (C=O) groups is 1. The molecule has 1 N–H and O–H groups in total. The first-order valence-corrected chi connectivity index (χ1v) is 5.58. The van der Waals surface area contributed by atoms with Crippen molar-refractivity contribution in [3.63, 3.8) is 0 Å². The van der Waals surface area contributed by atoms with E-state index in [0.717, 1.165) is 12.8 Å². The maximum Gasteiger partial charge on any atom is 0.253 e. The molecule has 0 aliphatic heterocycles. The molecule has 1 rings (SSSR count). The third kappa shape index (κ3) is 4.48. The first-order chi connectivity index (χ1) is 8.17. The number of hydrogen-bond acceptors (Lipinski definition) is 3. The average Bonchev–Trinajstić information content (AvgIpc) is 2.30. The van der Waals surface area contributed by atoms with Crippen LogP contribution >= 0.6 is 0 Å². The zero-order valence-electron chi connectivity index (χ0n) is 10.1. The lowest BCUT2D eigenvalue weighted by atomic mass is 10.1. The Morgan fingerprint density at radius 3 is 2.88 bits per heavy atom. The number of halogens is 1. The lowest BCUT2D eigenvalue weighted by Crippen LogP contribution is -2.37. The zero-order chi connectivity index (χ0) is 12.7. The van der Waals surface area contributed by atoms with E-state index in [4.69, 9.17) is 4.74 Å². The second-order valence-electron chi connectivity index (χ2n) is 3.78. The van der Waals surface area contributed by atoms with Gasteiger partial charge in [-0.15, -0.1) is 0 Å². The molecule has 1 amide bonds. The van der Waals surface area contributed by atoms with Crippen molar-refractivity contribution in [3.05, 3.63) is 29.8 Å². The summed E-state index contributed by atoms with van der Waals surface area (Å²) in [6.45, 7) is 2.50. The standard InChI is InChI=1S/C12H17FN2O2/c1-3-4-10(8-17-2)15-12(16)9-5-6-11(13)14-7-9/h5-7,10H,3-4,8H2,1-2H3,(H,15,16). The fourth-order valence-electron chi connectivity index (χ4n) is 1.53. The lowest BCUT2D eigenvalue weighted by Gasteiger charge is -2.16. The molecular formula is C12H17FN2O2. The van der Waals surface area contributed by atoms with Crippen LogP contribution in [-0.2, 0) is 4.74 Å². The van der Waals surface area contributed by atoms with Crippen molar-refractivity contribution in [3.8, 4) is 0 Å². The van der Waals surface area contributed by atoms with Crippen molar-refractivity contribution >= 4 is 5.91 Å². The average molecular weight is 240 g/mol. The Morgan fingerprint density at radius 2 is 2.35 bits per heavy atom. The van der Waals surface area contributed by atoms with Gasteiger partial charge in [0.1, 0.15) is 0 Å². The second-order valence-corrected chi connectivity index (χ2v) is 3.78. The molecule has 0 saturated heterocycles. The fourth-order valence-corrected chi connectivity index (χ4v) is 1.53. The molecule has 1 heterocycles. The Morgan fingerprint density at radius 1 is 1.59 bits per heavy atom. The molecule has 0 fully saturated rings. The SMILES string of the molecule is CCCC(COC)NC(=O)c1ccc(F)nc1. The minimum absolute atomic E-state index is 0.0254. The Balaban J connectivity index is 2.60. The Bertz CT molecular complexity index is 348. The van der Waals surface area contributed by atoms with Gasteiger partial charge >= 0.3 is 0 Å². The molecule has 0 spiro atoms. The Hall–Kier alpha value is -1.49. The van der Waals surface area contributed by atoms with Crippen LogP contribution in [0.2, 0.25) is 0 Å². The number of pyridine rings is 1. The zero-order valence-corrected chi connectivity index (χ0v) is 10.1. The molecule has 0 aromatic carbocycles. The Kier molecular flexibility index (Phi) is 5.56. The maximum absolute atomic E-state index is 12.6. The first kappa shape index (κ1) is 13.6. The number of aromatic nitrogens is 1. The highest BCUT2D eigenvalue weighted by molar-refractivity contribution is 5.94. The van der Waals surface area contributed by atoms with Crippen LogP contribution in [0.15, 0.2) is 18.3 Å². The van der Waals surface area contributed by atoms with Gasteiger partial charge in [0.05, 0.1) is 18.2 Å². The molecular weight excluding hydrogens is 223 g/mol. The van der Waals surface area contributed by atoms with Crippen molar-refractivity contribution in [1.82, 2.24) is 10.3 Å². The summed E-state index contributed by atoms with van der Waals surface area (Å²) in [5.41, 5.74) is 0.351. The van der Waals surface area contributed by atoms with Gasteiger partial charge in [-0.1, -0.05) is 13.3 Å². The summed E-state index contributed by atoms with van der Waals surface area (Å²) in [5.74, 6) is -0.850. The number of hydrogen-bond donors (Lipinski definition) is 1. The molecule has 1 aromatic heterocycles. The van der Waals surface area contributed by atoms with Crippen LogP contribution < -0.4 is 5.32 Å². The minimum Gasteiger partial charge on any atom is -0.383 e. The fraction of sp³-hybridized carbons (Fsp3) is 0.500. The molecule has 94 valence electrons. The summed E-state index contributed by atoms with van der Waals surface area (Å²) in [7, 11) is 1.59. The van der Waals surface area contributed by atoms with Crippen LogP contribution in [0.4, 0.5) is 4.39 Å². The van der Waals surface area contributed by atoms with Crippen molar-refractivity contribution in [1.29, 1.82) is 0 Å². The van der Waals surface area contributed by atoms with Crippen LogP contribution in [0.5, 0.6) is 0 Å². The van der Waals surface area contributed by atoms with Gasteiger partial charge in [-0.25, -0.2) is 4.98 Å². The smallest absolute Gasteiger partial charge is 0.253 e. The lowest BCUT2D eigenvalue weighted by molar-refractivity contribution is 0.0891. The number of ether oxygens (including phenoxy) is 1. The molecule has 0 aliphatic carbocycles. The van der Waals surface area contributed by atoms with Gasteiger partial charge < -0.3 is 10.1 Å². The van der Waals surface area contributed by atoms with E-state index in [-0.39, 0.29) is 11.9 Å². The van der Waals surface area contributed by atoms with Crippen molar-refractivity contribution in [2.45, 2.75) is 25.8 Å². The van der Waals surface area contributed by atoms with E-state index in [2.05, 4.69) is 10.3 Å². The van der Waals surface area contributed by atoms with Gasteiger partial charge in [-0.3, -0.25) is 4.79 Å². The number of nitrogens with zero attached hydrogens (tertiary/aromatic N) is 1. The van der Waals surface area contributed by atoms with E-state index in [1.807, 2.05) is 6.92 Å². The monoisotopic (exact) mass is 240 g/mol. The quantitative estimate of drug-likeness (QED) is 0.771. The molecule has 1 atom stereocenters. The molecule has 17 heavy (non-hydrogen) atoms. The van der Waals surface area contributed by atoms with Crippen molar-refractivity contribution in [2.24, 2.45) is 0 Å². The maximum atomic E-state index is 12.6. The van der Waals surface area contributed by atoms with Crippen molar-refractivity contribution in [2.75, 3.05) is 13.7 Å². The van der Waals surface area contributed by atoms with E-state index >= 15 is 0 Å². The third-order valence-electron chi connectivity index (χ3n) is 2.33. The third-order valence-corrected chi connectivity index (χ3v) is 2.33. The summed E-state index contributed by atoms with van der Waals surface area (Å²) in [6.07, 6.45) is 3.02. The number of carbonyl (C=O) groups excluding carboxylic acids is 1. The number of amides is 1. The molecule has 0 radical (unpaired) electrons. The Labute approximate surface area is 100 Å². The second kappa shape index (κ2) is 6.96. The first-order valence-electron chi connectivity index (χ1n) is 5.58. The van der Waals surface area contributed by atoms with E-state index in [9.17, 15) is 9.18 Å². The molecule has 5 heteroatoms. The van der Waals surface area contributed by atoms with Gasteiger partial charge in [-0.05, 0) is 18.6 Å². The predicted molar refractivity (Wildman–Crippen MR) is 62.2 cm³/mol. The number of methoxy groups -OCH3 is 1. The van der Waals surface area contributed by atoms with E-state index in [1.54, 1.807) is 7.11 Å². The van der Waals surface area contributed by atoms with Gasteiger partial charge in [0.15, 0.2) is 0 Å². The molecule has 1 aromatic rings. The van der Waals surface area contributed by atoms with Gasteiger partial charge in [-0.2, -0.15) is 4.39 Å². The largest absolute Gasteiger partial charge is 0.383 e. The topological polar surface area (TPSA) is 51.2 Å². The summed E-state index contributed by atoms with van der Waals surface area (Å²) < 4.78 is 17.6. The van der Waals surface area contributed by atoms with Crippen molar-refractivity contribution < 1.29 is 13.9 Å². The van der Waals surface area contributed by atoms with E-state index in [0.29, 0.717) is 12.2 Å². The van der Waals surface area contributed by atoms with E-state index in [1.165, 1.54) is 18.3 Å². The van der Waals surface area contributed by atoms with Crippen LogP contribution in [0.3, 0.4) is 0 Å². The van der Waals surface area contributed by atoms with Gasteiger partial charge in [0.2, 0.25) is 5.95 Å². The highest BCUT2D eigenvalue weighted by Gasteiger charge is 2.13.